The van der Waals surface area contributed by atoms with Crippen LogP contribution in [-0.2, 0) is 4.74 Å². The molecular formula is C9H10F3N3O2. The quantitative estimate of drug-likeness (QED) is 0.823. The van der Waals surface area contributed by atoms with Gasteiger partial charge in [-0.2, -0.15) is 13.2 Å². The summed E-state index contributed by atoms with van der Waals surface area (Å²) in [4.78, 5) is 18.5. The van der Waals surface area contributed by atoms with E-state index in [9.17, 15) is 18.0 Å². The number of nitrogens with one attached hydrogen (secondary N) is 1. The summed E-state index contributed by atoms with van der Waals surface area (Å²) in [5.41, 5.74) is 0.366. The largest absolute Gasteiger partial charge is 0.463 e. The topological polar surface area (TPSA) is 64.1 Å². The number of ether oxygens (including phenoxy) is 1. The summed E-state index contributed by atoms with van der Waals surface area (Å²) in [5.74, 6) is -1.16. The molecule has 0 fully saturated rings. The Morgan fingerprint density at radius 3 is 2.65 bits per heavy atom. The Balaban J connectivity index is 2.86. The molecule has 94 valence electrons. The van der Waals surface area contributed by atoms with Crippen LogP contribution in [0.2, 0.25) is 0 Å². The van der Waals surface area contributed by atoms with Gasteiger partial charge < -0.3 is 10.1 Å². The van der Waals surface area contributed by atoms with Gasteiger partial charge in [-0.15, -0.1) is 0 Å². The predicted molar refractivity (Wildman–Crippen MR) is 52.7 cm³/mol. The van der Waals surface area contributed by atoms with E-state index in [0.29, 0.717) is 5.69 Å². The van der Waals surface area contributed by atoms with Crippen molar-refractivity contribution in [2.24, 2.45) is 0 Å². The Hall–Kier alpha value is -1.86. The first-order valence-electron chi connectivity index (χ1n) is 4.56. The summed E-state index contributed by atoms with van der Waals surface area (Å²) in [6.07, 6.45) is -4.36. The first-order chi connectivity index (χ1) is 7.81. The number of halogens is 3. The number of alkyl halides is 3. The van der Waals surface area contributed by atoms with Gasteiger partial charge in [0.2, 0.25) is 5.82 Å². The Bertz CT molecular complexity index is 420. The molecule has 17 heavy (non-hydrogen) atoms. The number of esters is 1. The first-order valence-corrected chi connectivity index (χ1v) is 4.56. The molecule has 1 aromatic heterocycles. The van der Waals surface area contributed by atoms with Crippen LogP contribution in [0.4, 0.5) is 19.0 Å². The molecule has 8 heteroatoms. The number of carbonyl (C=O) groups excluding carboxylic acids is 1. The van der Waals surface area contributed by atoms with Crippen LogP contribution in [0.1, 0.15) is 16.3 Å². The van der Waals surface area contributed by atoms with Crippen LogP contribution in [-0.4, -0.2) is 35.8 Å². The highest BCUT2D eigenvalue weighted by Gasteiger charge is 2.27. The average Bonchev–Trinajstić information content (AvgIpc) is 2.23. The number of rotatable bonds is 3. The third-order valence-corrected chi connectivity index (χ3v) is 1.69. The van der Waals surface area contributed by atoms with E-state index >= 15 is 0 Å². The maximum Gasteiger partial charge on any atom is 0.405 e. The normalized spacial score (nSPS) is 11.1. The van der Waals surface area contributed by atoms with E-state index < -0.39 is 18.7 Å². The molecule has 1 N–H and O–H groups in total. The number of carbonyl (C=O) groups is 1. The smallest absolute Gasteiger partial charge is 0.405 e. The van der Waals surface area contributed by atoms with Crippen LogP contribution >= 0.6 is 0 Å². The minimum absolute atomic E-state index is 0.0739. The minimum Gasteiger partial charge on any atom is -0.463 e. The maximum absolute atomic E-state index is 12.0. The van der Waals surface area contributed by atoms with Gasteiger partial charge in [-0.25, -0.2) is 14.8 Å². The standard InChI is InChI=1S/C9H10F3N3O2/c1-5-3-6(13-4-9(10,11)12)15-7(14-5)8(16)17-2/h3H,4H2,1-2H3,(H,13,14,15). The minimum atomic E-state index is -4.36. The van der Waals surface area contributed by atoms with E-state index in [1.54, 1.807) is 0 Å². The Labute approximate surface area is 95.0 Å². The Morgan fingerprint density at radius 2 is 2.12 bits per heavy atom. The average molecular weight is 249 g/mol. The number of aromatic nitrogens is 2. The van der Waals surface area contributed by atoms with Crippen molar-refractivity contribution in [1.82, 2.24) is 9.97 Å². The van der Waals surface area contributed by atoms with Crippen LogP contribution in [0.25, 0.3) is 0 Å². The van der Waals surface area contributed by atoms with E-state index in [4.69, 9.17) is 0 Å². The predicted octanol–water partition coefficient (Wildman–Crippen LogP) is 1.55. The molecule has 0 unspecified atom stereocenters. The molecule has 0 aliphatic carbocycles. The second-order valence-electron chi connectivity index (χ2n) is 3.18. The van der Waals surface area contributed by atoms with Crippen LogP contribution in [0.5, 0.6) is 0 Å². The van der Waals surface area contributed by atoms with E-state index in [2.05, 4.69) is 20.0 Å². The molecule has 0 aliphatic rings. The van der Waals surface area contributed by atoms with Gasteiger partial charge in [0.15, 0.2) is 0 Å². The van der Waals surface area contributed by atoms with Crippen molar-refractivity contribution in [2.45, 2.75) is 13.1 Å². The van der Waals surface area contributed by atoms with Gasteiger partial charge in [-0.05, 0) is 6.92 Å². The lowest BCUT2D eigenvalue weighted by atomic mass is 10.4. The molecule has 0 saturated heterocycles. The number of hydrogen-bond acceptors (Lipinski definition) is 5. The van der Waals surface area contributed by atoms with Gasteiger partial charge >= 0.3 is 12.1 Å². The lowest BCUT2D eigenvalue weighted by molar-refractivity contribution is -0.115. The highest BCUT2D eigenvalue weighted by Crippen LogP contribution is 2.16. The summed E-state index contributed by atoms with van der Waals surface area (Å²) >= 11 is 0. The van der Waals surface area contributed by atoms with Crippen molar-refractivity contribution in [3.63, 3.8) is 0 Å². The highest BCUT2D eigenvalue weighted by atomic mass is 19.4. The molecular weight excluding hydrogens is 239 g/mol. The zero-order valence-electron chi connectivity index (χ0n) is 9.13. The van der Waals surface area contributed by atoms with E-state index in [0.717, 1.165) is 7.11 Å². The Kier molecular flexibility index (Phi) is 3.87. The van der Waals surface area contributed by atoms with E-state index in [-0.39, 0.29) is 11.6 Å². The summed E-state index contributed by atoms with van der Waals surface area (Å²) in [7, 11) is 1.14. The molecule has 0 amide bonds. The fourth-order valence-electron chi connectivity index (χ4n) is 1.03. The van der Waals surface area contributed by atoms with Crippen molar-refractivity contribution < 1.29 is 22.7 Å². The second-order valence-corrected chi connectivity index (χ2v) is 3.18. The summed E-state index contributed by atoms with van der Waals surface area (Å²) < 4.78 is 40.3. The highest BCUT2D eigenvalue weighted by molar-refractivity contribution is 5.85. The third-order valence-electron chi connectivity index (χ3n) is 1.69. The van der Waals surface area contributed by atoms with Gasteiger partial charge in [0.05, 0.1) is 7.11 Å². The van der Waals surface area contributed by atoms with Crippen LogP contribution < -0.4 is 5.32 Å². The monoisotopic (exact) mass is 249 g/mol. The molecule has 5 nitrogen and oxygen atoms in total. The molecule has 1 heterocycles. The van der Waals surface area contributed by atoms with E-state index in [1.165, 1.54) is 13.0 Å². The molecule has 0 saturated carbocycles. The molecule has 0 radical (unpaired) electrons. The molecule has 0 bridgehead atoms. The zero-order chi connectivity index (χ0) is 13.1. The summed E-state index contributed by atoms with van der Waals surface area (Å²) in [6.45, 7) is 0.303. The van der Waals surface area contributed by atoms with Crippen molar-refractivity contribution in [3.8, 4) is 0 Å². The fourth-order valence-corrected chi connectivity index (χ4v) is 1.03. The molecule has 0 atom stereocenters. The van der Waals surface area contributed by atoms with Crippen LogP contribution in [0.3, 0.4) is 0 Å². The third kappa shape index (κ3) is 4.25. The van der Waals surface area contributed by atoms with Crippen molar-refractivity contribution in [2.75, 3.05) is 19.0 Å². The van der Waals surface area contributed by atoms with Gasteiger partial charge in [0.1, 0.15) is 12.4 Å². The second kappa shape index (κ2) is 4.98. The molecule has 0 aromatic carbocycles. The SMILES string of the molecule is COC(=O)c1nc(C)cc(NCC(F)(F)F)n1. The summed E-state index contributed by atoms with van der Waals surface area (Å²) in [5, 5.41) is 2.06. The van der Waals surface area contributed by atoms with Gasteiger partial charge in [-0.1, -0.05) is 0 Å². The zero-order valence-corrected chi connectivity index (χ0v) is 9.13. The van der Waals surface area contributed by atoms with Crippen molar-refractivity contribution >= 4 is 11.8 Å². The number of anilines is 1. The number of methoxy groups -OCH3 is 1. The lowest BCUT2D eigenvalue weighted by Gasteiger charge is -2.09. The molecule has 0 aliphatic heterocycles. The fraction of sp³-hybridized carbons (Fsp3) is 0.444. The van der Waals surface area contributed by atoms with Crippen LogP contribution in [0.15, 0.2) is 6.07 Å². The van der Waals surface area contributed by atoms with Gasteiger partial charge in [0.25, 0.3) is 0 Å². The lowest BCUT2D eigenvalue weighted by Crippen LogP contribution is -2.22. The summed E-state index contributed by atoms with van der Waals surface area (Å²) in [6, 6.07) is 1.30. The molecule has 1 rings (SSSR count). The molecule has 0 spiro atoms. The first kappa shape index (κ1) is 13.2. The maximum atomic E-state index is 12.0. The van der Waals surface area contributed by atoms with Crippen molar-refractivity contribution in [3.05, 3.63) is 17.6 Å². The number of hydrogen-bond donors (Lipinski definition) is 1. The van der Waals surface area contributed by atoms with Gasteiger partial charge in [0, 0.05) is 11.8 Å². The van der Waals surface area contributed by atoms with Crippen molar-refractivity contribution in [1.29, 1.82) is 0 Å². The number of aryl methyl sites for hydroxylation is 1. The Morgan fingerprint density at radius 1 is 1.47 bits per heavy atom. The van der Waals surface area contributed by atoms with Crippen LogP contribution in [0, 0.1) is 6.92 Å². The van der Waals surface area contributed by atoms with Gasteiger partial charge in [-0.3, -0.25) is 0 Å². The number of nitrogens with zero attached hydrogens (tertiary/aromatic N) is 2. The van der Waals surface area contributed by atoms with E-state index in [1.807, 2.05) is 0 Å². The molecule has 1 aromatic rings.